The maximum absolute atomic E-state index is 12.7. The second-order valence-corrected chi connectivity index (χ2v) is 5.19. The number of alkyl halides is 3. The van der Waals surface area contributed by atoms with E-state index in [2.05, 4.69) is 5.32 Å². The van der Waals surface area contributed by atoms with Crippen molar-refractivity contribution in [3.63, 3.8) is 0 Å². The first-order valence-corrected chi connectivity index (χ1v) is 6.50. The Labute approximate surface area is 115 Å². The highest BCUT2D eigenvalue weighted by Gasteiger charge is 2.35. The van der Waals surface area contributed by atoms with E-state index in [-0.39, 0.29) is 11.1 Å². The maximum atomic E-state index is 12.7. The fraction of sp³-hybridized carbons (Fsp3) is 0.500. The minimum atomic E-state index is -4.51. The number of nitrogens with zero attached hydrogens (tertiary/aromatic N) is 1. The first-order chi connectivity index (χ1) is 9.40. The smallest absolute Gasteiger partial charge is 0.378 e. The Hall–Kier alpha value is -1.74. The molecule has 3 N–H and O–H groups in total. The molecule has 0 unspecified atom stereocenters. The van der Waals surface area contributed by atoms with Crippen LogP contribution in [0.25, 0.3) is 0 Å². The summed E-state index contributed by atoms with van der Waals surface area (Å²) in [5.74, 6) is 0. The van der Waals surface area contributed by atoms with Crippen molar-refractivity contribution in [2.45, 2.75) is 37.4 Å². The summed E-state index contributed by atoms with van der Waals surface area (Å²) in [6.07, 6.45) is -0.618. The molecule has 0 amide bonds. The molecule has 1 aromatic rings. The third kappa shape index (κ3) is 2.88. The minimum Gasteiger partial charge on any atom is -0.378 e. The van der Waals surface area contributed by atoms with Crippen LogP contribution in [0.4, 0.5) is 18.9 Å². The lowest BCUT2D eigenvalue weighted by Gasteiger charge is -2.30. The summed E-state index contributed by atoms with van der Waals surface area (Å²) in [6.45, 7) is 0.426. The van der Waals surface area contributed by atoms with Crippen molar-refractivity contribution in [2.24, 2.45) is 5.73 Å². The Bertz CT molecular complexity index is 525. The second-order valence-electron chi connectivity index (χ2n) is 5.19. The molecule has 0 radical (unpaired) electrons. The van der Waals surface area contributed by atoms with Crippen molar-refractivity contribution in [3.05, 3.63) is 29.3 Å². The van der Waals surface area contributed by atoms with Crippen LogP contribution in [0.1, 0.15) is 36.8 Å². The SMILES string of the molecule is N#Cc1cc(NC2(CN)CCCC2)ccc1C(F)(F)F. The van der Waals surface area contributed by atoms with E-state index in [0.717, 1.165) is 31.7 Å². The van der Waals surface area contributed by atoms with E-state index < -0.39 is 11.7 Å². The number of benzene rings is 1. The van der Waals surface area contributed by atoms with E-state index in [0.29, 0.717) is 12.2 Å². The predicted molar refractivity (Wildman–Crippen MR) is 70.0 cm³/mol. The van der Waals surface area contributed by atoms with E-state index in [1.54, 1.807) is 6.07 Å². The summed E-state index contributed by atoms with van der Waals surface area (Å²) in [5, 5.41) is 12.1. The molecule has 2 rings (SSSR count). The molecule has 0 atom stereocenters. The van der Waals surface area contributed by atoms with E-state index in [4.69, 9.17) is 11.0 Å². The lowest BCUT2D eigenvalue weighted by molar-refractivity contribution is -0.137. The Morgan fingerprint density at radius 1 is 1.30 bits per heavy atom. The predicted octanol–water partition coefficient (Wildman–Crippen LogP) is 3.26. The maximum Gasteiger partial charge on any atom is 0.417 e. The molecule has 3 nitrogen and oxygen atoms in total. The van der Waals surface area contributed by atoms with Gasteiger partial charge in [-0.25, -0.2) is 0 Å². The number of nitrogens with one attached hydrogen (secondary N) is 1. The largest absolute Gasteiger partial charge is 0.417 e. The van der Waals surface area contributed by atoms with Crippen LogP contribution in [-0.4, -0.2) is 12.1 Å². The molecule has 1 aliphatic carbocycles. The fourth-order valence-electron chi connectivity index (χ4n) is 2.70. The molecule has 1 fully saturated rings. The molecule has 0 saturated heterocycles. The molecule has 1 aliphatic rings. The van der Waals surface area contributed by atoms with Crippen LogP contribution < -0.4 is 11.1 Å². The quantitative estimate of drug-likeness (QED) is 0.895. The van der Waals surface area contributed by atoms with Crippen molar-refractivity contribution in [1.82, 2.24) is 0 Å². The van der Waals surface area contributed by atoms with Gasteiger partial charge in [0.2, 0.25) is 0 Å². The molecule has 0 aliphatic heterocycles. The van der Waals surface area contributed by atoms with Gasteiger partial charge >= 0.3 is 6.18 Å². The van der Waals surface area contributed by atoms with E-state index >= 15 is 0 Å². The lowest BCUT2D eigenvalue weighted by Crippen LogP contribution is -2.42. The molecule has 1 aromatic carbocycles. The molecule has 1 saturated carbocycles. The number of hydrogen-bond donors (Lipinski definition) is 2. The fourth-order valence-corrected chi connectivity index (χ4v) is 2.70. The molecule has 0 bridgehead atoms. The summed E-state index contributed by atoms with van der Waals surface area (Å²) in [5.41, 5.74) is 4.77. The van der Waals surface area contributed by atoms with Crippen LogP contribution in [0.15, 0.2) is 18.2 Å². The van der Waals surface area contributed by atoms with Gasteiger partial charge in [0, 0.05) is 17.8 Å². The third-order valence-electron chi connectivity index (χ3n) is 3.81. The van der Waals surface area contributed by atoms with Crippen LogP contribution in [0.2, 0.25) is 0 Å². The number of nitrogens with two attached hydrogens (primary N) is 1. The van der Waals surface area contributed by atoms with Gasteiger partial charge < -0.3 is 11.1 Å². The highest BCUT2D eigenvalue weighted by atomic mass is 19.4. The Morgan fingerprint density at radius 2 is 1.95 bits per heavy atom. The Balaban J connectivity index is 2.29. The topological polar surface area (TPSA) is 61.8 Å². The highest BCUT2D eigenvalue weighted by Crippen LogP contribution is 2.36. The Morgan fingerprint density at radius 3 is 2.45 bits per heavy atom. The van der Waals surface area contributed by atoms with Gasteiger partial charge in [-0.3, -0.25) is 0 Å². The average molecular weight is 283 g/mol. The lowest BCUT2D eigenvalue weighted by atomic mass is 9.96. The van der Waals surface area contributed by atoms with E-state index in [1.807, 2.05) is 0 Å². The average Bonchev–Trinajstić information content (AvgIpc) is 2.86. The Kier molecular flexibility index (Phi) is 3.91. The summed E-state index contributed by atoms with van der Waals surface area (Å²) in [7, 11) is 0. The number of hydrogen-bond acceptors (Lipinski definition) is 3. The standard InChI is InChI=1S/C14H16F3N3/c15-14(16,17)12-4-3-11(7-10(12)8-18)20-13(9-19)5-1-2-6-13/h3-4,7,20H,1-2,5-6,9,19H2. The zero-order chi connectivity index (χ0) is 14.8. The summed E-state index contributed by atoms with van der Waals surface area (Å²) in [4.78, 5) is 0. The van der Waals surface area contributed by atoms with Gasteiger partial charge in [-0.2, -0.15) is 18.4 Å². The minimum absolute atomic E-state index is 0.257. The monoisotopic (exact) mass is 283 g/mol. The first-order valence-electron chi connectivity index (χ1n) is 6.50. The van der Waals surface area contributed by atoms with Crippen molar-refractivity contribution in [3.8, 4) is 6.07 Å². The van der Waals surface area contributed by atoms with Crippen LogP contribution >= 0.6 is 0 Å². The van der Waals surface area contributed by atoms with Crippen molar-refractivity contribution in [2.75, 3.05) is 11.9 Å². The normalized spacial score (nSPS) is 17.8. The van der Waals surface area contributed by atoms with Crippen molar-refractivity contribution in [1.29, 1.82) is 5.26 Å². The molecule has 0 spiro atoms. The van der Waals surface area contributed by atoms with Gasteiger partial charge in [-0.05, 0) is 31.0 Å². The van der Waals surface area contributed by atoms with Crippen LogP contribution in [0, 0.1) is 11.3 Å². The van der Waals surface area contributed by atoms with Gasteiger partial charge in [-0.1, -0.05) is 12.8 Å². The molecule has 0 heterocycles. The number of anilines is 1. The van der Waals surface area contributed by atoms with Crippen LogP contribution in [0.5, 0.6) is 0 Å². The van der Waals surface area contributed by atoms with E-state index in [1.165, 1.54) is 12.1 Å². The van der Waals surface area contributed by atoms with Crippen LogP contribution in [0.3, 0.4) is 0 Å². The molecule has 0 aromatic heterocycles. The number of halogens is 3. The van der Waals surface area contributed by atoms with Gasteiger partial charge in [0.05, 0.1) is 17.2 Å². The van der Waals surface area contributed by atoms with Gasteiger partial charge in [0.1, 0.15) is 0 Å². The zero-order valence-corrected chi connectivity index (χ0v) is 10.9. The van der Waals surface area contributed by atoms with Crippen molar-refractivity contribution >= 4 is 5.69 Å². The van der Waals surface area contributed by atoms with Crippen LogP contribution in [-0.2, 0) is 6.18 Å². The zero-order valence-electron chi connectivity index (χ0n) is 10.9. The third-order valence-corrected chi connectivity index (χ3v) is 3.81. The summed E-state index contributed by atoms with van der Waals surface area (Å²) < 4.78 is 38.2. The van der Waals surface area contributed by atoms with E-state index in [9.17, 15) is 13.2 Å². The molecular formula is C14H16F3N3. The number of rotatable bonds is 3. The molecule has 6 heteroatoms. The van der Waals surface area contributed by atoms with Gasteiger partial charge in [-0.15, -0.1) is 0 Å². The molecule has 20 heavy (non-hydrogen) atoms. The summed E-state index contributed by atoms with van der Waals surface area (Å²) >= 11 is 0. The second kappa shape index (κ2) is 5.33. The number of nitriles is 1. The van der Waals surface area contributed by atoms with Gasteiger partial charge in [0.25, 0.3) is 0 Å². The highest BCUT2D eigenvalue weighted by molar-refractivity contribution is 5.55. The first kappa shape index (κ1) is 14.7. The summed E-state index contributed by atoms with van der Waals surface area (Å²) in [6, 6.07) is 5.16. The van der Waals surface area contributed by atoms with Gasteiger partial charge in [0.15, 0.2) is 0 Å². The van der Waals surface area contributed by atoms with Crippen molar-refractivity contribution < 1.29 is 13.2 Å². The molecular weight excluding hydrogens is 267 g/mol. The molecule has 108 valence electrons.